The lowest BCUT2D eigenvalue weighted by atomic mass is 9.65. The quantitative estimate of drug-likeness (QED) is 0.118. The number of amides is 1. The number of allylic oxidation sites excluding steroid dienone is 3. The topological polar surface area (TPSA) is 158 Å². The van der Waals surface area contributed by atoms with Crippen molar-refractivity contribution in [2.24, 2.45) is 34.8 Å². The Hall–Kier alpha value is -2.39. The predicted molar refractivity (Wildman–Crippen MR) is 135 cm³/mol. The van der Waals surface area contributed by atoms with E-state index in [0.29, 0.717) is 25.2 Å². The molecular formula is C26H44N4O5. The second-order valence-corrected chi connectivity index (χ2v) is 10.9. The Morgan fingerprint density at radius 3 is 2.57 bits per heavy atom. The van der Waals surface area contributed by atoms with E-state index in [1.54, 1.807) is 0 Å². The first-order valence-corrected chi connectivity index (χ1v) is 12.7. The van der Waals surface area contributed by atoms with Gasteiger partial charge in [0.05, 0.1) is 24.0 Å². The minimum absolute atomic E-state index is 0.0674. The van der Waals surface area contributed by atoms with Crippen molar-refractivity contribution in [1.29, 1.82) is 5.41 Å². The van der Waals surface area contributed by atoms with Gasteiger partial charge in [-0.2, -0.15) is 0 Å². The van der Waals surface area contributed by atoms with Crippen molar-refractivity contribution in [1.82, 2.24) is 10.9 Å². The molecule has 0 aromatic heterocycles. The van der Waals surface area contributed by atoms with Crippen molar-refractivity contribution in [3.63, 3.8) is 0 Å². The molecule has 0 aromatic carbocycles. The highest BCUT2D eigenvalue weighted by Gasteiger charge is 2.42. The number of ether oxygens (including phenoxy) is 1. The zero-order chi connectivity index (χ0) is 26.3. The molecule has 198 valence electrons. The van der Waals surface area contributed by atoms with E-state index in [2.05, 4.69) is 42.9 Å². The van der Waals surface area contributed by atoms with Crippen molar-refractivity contribution in [3.8, 4) is 0 Å². The van der Waals surface area contributed by atoms with Crippen molar-refractivity contribution < 1.29 is 24.5 Å². The number of fused-ring (bicyclic) bond motifs is 1. The lowest BCUT2D eigenvalue weighted by molar-refractivity contribution is -0.164. The number of aliphatic hydroxyl groups excluding tert-OH is 2. The van der Waals surface area contributed by atoms with Crippen LogP contribution in [0.2, 0.25) is 0 Å². The standard InChI is InChI=1S/C26H44N4O5/c1-6-26(4,5)24(34)35-21-12-15(2)11-17-8-7-16(3)20(23(17)21)10-9-18(31)13-19(32)14-22(33)29-30-25(27)28/h7-8,11,15-16,18-21,23,31-32H,6,9-10,12-14H2,1-5H3,(H,29,33)(H4,27,28,30)/t15-,16-,18+,19+,20-,21-,23-/m0/s1. The van der Waals surface area contributed by atoms with Gasteiger partial charge in [-0.3, -0.25) is 25.8 Å². The van der Waals surface area contributed by atoms with Crippen LogP contribution < -0.4 is 16.6 Å². The Balaban J connectivity index is 2.02. The maximum Gasteiger partial charge on any atom is 0.311 e. The lowest BCUT2D eigenvalue weighted by Crippen LogP contribution is -2.46. The number of nitrogens with one attached hydrogen (secondary N) is 3. The zero-order valence-electron chi connectivity index (χ0n) is 21.7. The van der Waals surface area contributed by atoms with E-state index in [-0.39, 0.29) is 42.7 Å². The van der Waals surface area contributed by atoms with Crippen molar-refractivity contribution in [2.75, 3.05) is 0 Å². The van der Waals surface area contributed by atoms with Crippen molar-refractivity contribution >= 4 is 17.8 Å². The highest BCUT2D eigenvalue weighted by atomic mass is 16.5. The number of hydrazine groups is 1. The van der Waals surface area contributed by atoms with Gasteiger partial charge in [-0.05, 0) is 69.3 Å². The summed E-state index contributed by atoms with van der Waals surface area (Å²) in [5, 5.41) is 27.8. The lowest BCUT2D eigenvalue weighted by Gasteiger charge is -2.44. The van der Waals surface area contributed by atoms with Crippen molar-refractivity contribution in [3.05, 3.63) is 23.8 Å². The normalized spacial score (nSPS) is 27.7. The van der Waals surface area contributed by atoms with E-state index in [0.717, 1.165) is 6.42 Å². The maximum absolute atomic E-state index is 12.9. The Morgan fingerprint density at radius 1 is 1.26 bits per heavy atom. The number of aliphatic hydroxyl groups is 2. The first kappa shape index (κ1) is 28.8. The Morgan fingerprint density at radius 2 is 1.94 bits per heavy atom. The first-order valence-electron chi connectivity index (χ1n) is 12.7. The van der Waals surface area contributed by atoms with Gasteiger partial charge in [0.2, 0.25) is 11.9 Å². The molecule has 0 unspecified atom stereocenters. The molecule has 0 aliphatic heterocycles. The fourth-order valence-electron chi connectivity index (χ4n) is 4.96. The molecule has 1 amide bonds. The number of carbonyl (C=O) groups excluding carboxylic acids is 2. The van der Waals surface area contributed by atoms with E-state index < -0.39 is 29.5 Å². The van der Waals surface area contributed by atoms with Gasteiger partial charge >= 0.3 is 5.97 Å². The molecule has 0 bridgehead atoms. The summed E-state index contributed by atoms with van der Waals surface area (Å²) in [4.78, 5) is 24.7. The molecule has 2 rings (SSSR count). The van der Waals surface area contributed by atoms with Crippen LogP contribution in [-0.2, 0) is 14.3 Å². The van der Waals surface area contributed by atoms with Crippen LogP contribution in [0, 0.1) is 34.5 Å². The molecule has 0 heterocycles. The highest BCUT2D eigenvalue weighted by Crippen LogP contribution is 2.45. The molecule has 9 heteroatoms. The van der Waals surface area contributed by atoms with Crippen LogP contribution >= 0.6 is 0 Å². The molecule has 0 saturated carbocycles. The highest BCUT2D eigenvalue weighted by molar-refractivity contribution is 5.81. The third-order valence-corrected chi connectivity index (χ3v) is 7.43. The maximum atomic E-state index is 12.9. The van der Waals surface area contributed by atoms with E-state index in [1.165, 1.54) is 5.57 Å². The molecule has 0 radical (unpaired) electrons. The van der Waals surface area contributed by atoms with Crippen LogP contribution in [0.5, 0.6) is 0 Å². The summed E-state index contributed by atoms with van der Waals surface area (Å²) < 4.78 is 6.13. The number of hydrogen-bond acceptors (Lipinski definition) is 6. The van der Waals surface area contributed by atoms with Gasteiger partial charge in [0.25, 0.3) is 0 Å². The SMILES string of the molecule is CCC(C)(C)C(=O)O[C@H]1C[C@@H](C)C=C2C=C[C@H](C)[C@H](CC[C@@H](O)C[C@@H](O)CC(=O)NNC(=N)N)[C@H]21. The Labute approximate surface area is 209 Å². The molecule has 2 aliphatic rings. The van der Waals surface area contributed by atoms with Gasteiger partial charge in [0, 0.05) is 5.92 Å². The van der Waals surface area contributed by atoms with Gasteiger partial charge in [-0.1, -0.05) is 39.0 Å². The minimum atomic E-state index is -1.02. The van der Waals surface area contributed by atoms with Crippen LogP contribution in [0.25, 0.3) is 0 Å². The number of guanidine groups is 1. The molecule has 0 fully saturated rings. The van der Waals surface area contributed by atoms with Crippen LogP contribution in [0.3, 0.4) is 0 Å². The average molecular weight is 493 g/mol. The summed E-state index contributed by atoms with van der Waals surface area (Å²) >= 11 is 0. The molecule has 0 aromatic rings. The smallest absolute Gasteiger partial charge is 0.311 e. The summed E-state index contributed by atoms with van der Waals surface area (Å²) in [5.74, 6) is -0.258. The van der Waals surface area contributed by atoms with E-state index in [1.807, 2.05) is 20.8 Å². The van der Waals surface area contributed by atoms with E-state index >= 15 is 0 Å². The van der Waals surface area contributed by atoms with E-state index in [9.17, 15) is 19.8 Å². The van der Waals surface area contributed by atoms with E-state index in [4.69, 9.17) is 15.9 Å². The largest absolute Gasteiger partial charge is 0.461 e. The molecule has 35 heavy (non-hydrogen) atoms. The molecular weight excluding hydrogens is 448 g/mol. The molecule has 7 atom stereocenters. The summed E-state index contributed by atoms with van der Waals surface area (Å²) in [6.45, 7) is 10.1. The van der Waals surface area contributed by atoms with Gasteiger partial charge in [0.15, 0.2) is 0 Å². The molecule has 2 aliphatic carbocycles. The number of esters is 1. The summed E-state index contributed by atoms with van der Waals surface area (Å²) in [6, 6.07) is 0. The molecule has 0 saturated heterocycles. The number of rotatable bonds is 10. The second kappa shape index (κ2) is 12.5. The third kappa shape index (κ3) is 8.35. The number of carbonyl (C=O) groups is 2. The van der Waals surface area contributed by atoms with Crippen LogP contribution in [0.15, 0.2) is 23.8 Å². The molecule has 9 nitrogen and oxygen atoms in total. The van der Waals surface area contributed by atoms with Gasteiger partial charge in [0.1, 0.15) is 6.10 Å². The predicted octanol–water partition coefficient (Wildman–Crippen LogP) is 2.54. The van der Waals surface area contributed by atoms with Crippen LogP contribution in [-0.4, -0.2) is 46.4 Å². The molecule has 7 N–H and O–H groups in total. The second-order valence-electron chi connectivity index (χ2n) is 10.9. The number of hydrogen-bond donors (Lipinski definition) is 6. The summed E-state index contributed by atoms with van der Waals surface area (Å²) in [6.07, 6.45) is 7.13. The van der Waals surface area contributed by atoms with Crippen LogP contribution in [0.4, 0.5) is 0 Å². The van der Waals surface area contributed by atoms with Gasteiger partial charge < -0.3 is 20.7 Å². The zero-order valence-corrected chi connectivity index (χ0v) is 21.7. The van der Waals surface area contributed by atoms with Gasteiger partial charge in [-0.25, -0.2) is 0 Å². The fourth-order valence-corrected chi connectivity index (χ4v) is 4.96. The van der Waals surface area contributed by atoms with Gasteiger partial charge in [-0.15, -0.1) is 0 Å². The minimum Gasteiger partial charge on any atom is -0.461 e. The van der Waals surface area contributed by atoms with Crippen LogP contribution in [0.1, 0.15) is 73.1 Å². The van der Waals surface area contributed by atoms with Crippen molar-refractivity contribution in [2.45, 2.75) is 91.5 Å². The third-order valence-electron chi connectivity index (χ3n) is 7.43. The Bertz CT molecular complexity index is 825. The molecule has 0 spiro atoms. The monoisotopic (exact) mass is 492 g/mol. The average Bonchev–Trinajstić information content (AvgIpc) is 2.76. The Kier molecular flexibility index (Phi) is 10.3. The first-order chi connectivity index (χ1) is 16.3. The fraction of sp³-hybridized carbons (Fsp3) is 0.731. The summed E-state index contributed by atoms with van der Waals surface area (Å²) in [7, 11) is 0. The number of nitrogens with two attached hydrogens (primary N) is 1. The summed E-state index contributed by atoms with van der Waals surface area (Å²) in [5.41, 5.74) is 10.2.